The van der Waals surface area contributed by atoms with Gasteiger partial charge < -0.3 is 5.32 Å². The first-order valence-corrected chi connectivity index (χ1v) is 9.58. The summed E-state index contributed by atoms with van der Waals surface area (Å²) in [5.41, 5.74) is 0.868. The lowest BCUT2D eigenvalue weighted by atomic mass is 10.0. The number of halogens is 2. The Labute approximate surface area is 170 Å². The molecule has 0 bridgehead atoms. The number of rotatable bonds is 6. The molecule has 0 radical (unpaired) electrons. The van der Waals surface area contributed by atoms with Crippen LogP contribution in [0.5, 0.6) is 0 Å². The van der Waals surface area contributed by atoms with Gasteiger partial charge in [0.25, 0.3) is 5.91 Å². The number of nitrogens with one attached hydrogen (secondary N) is 2. The number of hydrogen-bond donors (Lipinski definition) is 2. The fraction of sp³-hybridized carbons (Fsp3) is 0.200. The van der Waals surface area contributed by atoms with Gasteiger partial charge in [0.15, 0.2) is 5.82 Å². The van der Waals surface area contributed by atoms with Crippen molar-refractivity contribution in [2.75, 3.05) is 5.32 Å². The molecule has 0 spiro atoms. The fourth-order valence-corrected chi connectivity index (χ4v) is 3.13. The molecule has 1 aromatic heterocycles. The summed E-state index contributed by atoms with van der Waals surface area (Å²) in [6, 6.07) is 9.91. The number of hydrogen-bond acceptors (Lipinski definition) is 5. The molecule has 0 aliphatic rings. The highest BCUT2D eigenvalue weighted by Gasteiger charge is 2.25. The standard InChI is InChI=1S/C20H18F2N4O2S/c1-11(2)16(23-18(27)13-5-9-15(22)10-6-13)19(28)25-20-24-17(26-29-20)12-3-7-14(21)8-4-12/h3-11,16H,1-2H3,(H,23,27)(H,24,25,26,28). The first kappa shape index (κ1) is 20.5. The third-order valence-corrected chi connectivity index (χ3v) is 4.73. The molecule has 29 heavy (non-hydrogen) atoms. The Bertz CT molecular complexity index is 1000. The van der Waals surface area contributed by atoms with Gasteiger partial charge in [0.05, 0.1) is 0 Å². The van der Waals surface area contributed by atoms with Gasteiger partial charge in [0, 0.05) is 22.7 Å². The van der Waals surface area contributed by atoms with Gasteiger partial charge in [-0.25, -0.2) is 8.78 Å². The van der Waals surface area contributed by atoms with Gasteiger partial charge in [0.1, 0.15) is 17.7 Å². The maximum atomic E-state index is 13.0. The summed E-state index contributed by atoms with van der Waals surface area (Å²) in [5.74, 6) is -1.59. The third kappa shape index (κ3) is 5.20. The van der Waals surface area contributed by atoms with Crippen LogP contribution in [0, 0.1) is 17.6 Å². The molecule has 2 N–H and O–H groups in total. The molecule has 3 aromatic rings. The minimum atomic E-state index is -0.828. The van der Waals surface area contributed by atoms with E-state index < -0.39 is 23.7 Å². The minimum Gasteiger partial charge on any atom is -0.340 e. The second kappa shape index (κ2) is 8.87. The molecule has 0 aliphatic heterocycles. The van der Waals surface area contributed by atoms with Crippen LogP contribution in [0.4, 0.5) is 13.9 Å². The molecular weight excluding hydrogens is 398 g/mol. The van der Waals surface area contributed by atoms with Crippen LogP contribution in [-0.4, -0.2) is 27.2 Å². The fourth-order valence-electron chi connectivity index (χ4n) is 2.53. The van der Waals surface area contributed by atoms with Gasteiger partial charge in [-0.3, -0.25) is 14.9 Å². The molecule has 150 valence electrons. The normalized spacial score (nSPS) is 11.9. The minimum absolute atomic E-state index is 0.205. The van der Waals surface area contributed by atoms with E-state index in [2.05, 4.69) is 20.0 Å². The zero-order valence-corrected chi connectivity index (χ0v) is 16.5. The molecule has 0 saturated carbocycles. The Hall–Kier alpha value is -3.20. The van der Waals surface area contributed by atoms with Crippen molar-refractivity contribution >= 4 is 28.5 Å². The van der Waals surface area contributed by atoms with E-state index in [4.69, 9.17) is 0 Å². The van der Waals surface area contributed by atoms with Gasteiger partial charge in [-0.2, -0.15) is 9.36 Å². The summed E-state index contributed by atoms with van der Waals surface area (Å²) in [5, 5.41) is 5.57. The maximum absolute atomic E-state index is 13.0. The van der Waals surface area contributed by atoms with Crippen LogP contribution in [0.25, 0.3) is 11.4 Å². The highest BCUT2D eigenvalue weighted by Crippen LogP contribution is 2.21. The van der Waals surface area contributed by atoms with E-state index in [1.807, 2.05) is 0 Å². The summed E-state index contributed by atoms with van der Waals surface area (Å²) in [7, 11) is 0. The number of amides is 2. The summed E-state index contributed by atoms with van der Waals surface area (Å²) in [4.78, 5) is 29.3. The second-order valence-corrected chi connectivity index (χ2v) is 7.37. The number of aromatic nitrogens is 2. The Morgan fingerprint density at radius 2 is 1.55 bits per heavy atom. The van der Waals surface area contributed by atoms with Gasteiger partial charge >= 0.3 is 0 Å². The van der Waals surface area contributed by atoms with E-state index >= 15 is 0 Å². The van der Waals surface area contributed by atoms with Crippen molar-refractivity contribution in [3.05, 3.63) is 65.7 Å². The zero-order valence-electron chi connectivity index (χ0n) is 15.6. The Balaban J connectivity index is 1.69. The maximum Gasteiger partial charge on any atom is 0.251 e. The molecule has 1 unspecified atom stereocenters. The van der Waals surface area contributed by atoms with Crippen LogP contribution in [-0.2, 0) is 4.79 Å². The number of benzene rings is 2. The van der Waals surface area contributed by atoms with Gasteiger partial charge in [-0.1, -0.05) is 13.8 Å². The molecule has 0 aliphatic carbocycles. The van der Waals surface area contributed by atoms with Crippen molar-refractivity contribution in [3.8, 4) is 11.4 Å². The molecular formula is C20H18F2N4O2S. The summed E-state index contributed by atoms with van der Waals surface area (Å²) < 4.78 is 30.2. The lowest BCUT2D eigenvalue weighted by molar-refractivity contribution is -0.118. The average Bonchev–Trinajstić information content (AvgIpc) is 3.15. The van der Waals surface area contributed by atoms with Crippen molar-refractivity contribution in [3.63, 3.8) is 0 Å². The molecule has 1 atom stereocenters. The molecule has 0 fully saturated rings. The van der Waals surface area contributed by atoms with E-state index in [-0.39, 0.29) is 22.4 Å². The summed E-state index contributed by atoms with van der Waals surface area (Å²) in [6.45, 7) is 3.58. The SMILES string of the molecule is CC(C)C(NC(=O)c1ccc(F)cc1)C(=O)Nc1nc(-c2ccc(F)cc2)ns1. The van der Waals surface area contributed by atoms with Gasteiger partial charge in [-0.05, 0) is 54.4 Å². The van der Waals surface area contributed by atoms with Crippen LogP contribution in [0.2, 0.25) is 0 Å². The number of carbonyl (C=O) groups is 2. The summed E-state index contributed by atoms with van der Waals surface area (Å²) in [6.07, 6.45) is 0. The third-order valence-electron chi connectivity index (χ3n) is 4.10. The quantitative estimate of drug-likeness (QED) is 0.639. The smallest absolute Gasteiger partial charge is 0.251 e. The van der Waals surface area contributed by atoms with E-state index in [0.29, 0.717) is 11.4 Å². The van der Waals surface area contributed by atoms with E-state index in [0.717, 1.165) is 11.5 Å². The van der Waals surface area contributed by atoms with E-state index in [1.54, 1.807) is 26.0 Å². The lowest BCUT2D eigenvalue weighted by Gasteiger charge is -2.21. The monoisotopic (exact) mass is 416 g/mol. The zero-order chi connectivity index (χ0) is 21.0. The van der Waals surface area contributed by atoms with E-state index in [9.17, 15) is 18.4 Å². The van der Waals surface area contributed by atoms with Crippen molar-refractivity contribution in [1.82, 2.24) is 14.7 Å². The number of carbonyl (C=O) groups excluding carboxylic acids is 2. The Morgan fingerprint density at radius 3 is 2.14 bits per heavy atom. The molecule has 3 rings (SSSR count). The van der Waals surface area contributed by atoms with Gasteiger partial charge in [0.2, 0.25) is 11.0 Å². The topological polar surface area (TPSA) is 84.0 Å². The summed E-state index contributed by atoms with van der Waals surface area (Å²) >= 11 is 0.982. The van der Waals surface area contributed by atoms with Crippen LogP contribution >= 0.6 is 11.5 Å². The van der Waals surface area contributed by atoms with Crippen molar-refractivity contribution in [2.45, 2.75) is 19.9 Å². The molecule has 6 nitrogen and oxygen atoms in total. The van der Waals surface area contributed by atoms with Gasteiger partial charge in [-0.15, -0.1) is 0 Å². The molecule has 2 amide bonds. The number of anilines is 1. The molecule has 1 heterocycles. The van der Waals surface area contributed by atoms with Crippen molar-refractivity contribution in [2.24, 2.45) is 5.92 Å². The highest BCUT2D eigenvalue weighted by molar-refractivity contribution is 7.10. The predicted molar refractivity (Wildman–Crippen MR) is 106 cm³/mol. The first-order valence-electron chi connectivity index (χ1n) is 8.80. The van der Waals surface area contributed by atoms with Crippen LogP contribution in [0.15, 0.2) is 48.5 Å². The first-order chi connectivity index (χ1) is 13.8. The number of nitrogens with zero attached hydrogens (tertiary/aromatic N) is 2. The van der Waals surface area contributed by atoms with Crippen molar-refractivity contribution in [1.29, 1.82) is 0 Å². The largest absolute Gasteiger partial charge is 0.340 e. The average molecular weight is 416 g/mol. The highest BCUT2D eigenvalue weighted by atomic mass is 32.1. The molecule has 9 heteroatoms. The van der Waals surface area contributed by atoms with Crippen LogP contribution < -0.4 is 10.6 Å². The van der Waals surface area contributed by atoms with Crippen LogP contribution in [0.3, 0.4) is 0 Å². The predicted octanol–water partition coefficient (Wildman–Crippen LogP) is 3.88. The van der Waals surface area contributed by atoms with Crippen molar-refractivity contribution < 1.29 is 18.4 Å². The Morgan fingerprint density at radius 1 is 0.966 bits per heavy atom. The van der Waals surface area contributed by atoms with E-state index in [1.165, 1.54) is 36.4 Å². The second-order valence-electron chi connectivity index (χ2n) is 6.62. The Kier molecular flexibility index (Phi) is 6.28. The lowest BCUT2D eigenvalue weighted by Crippen LogP contribution is -2.47. The van der Waals surface area contributed by atoms with Crippen LogP contribution in [0.1, 0.15) is 24.2 Å². The molecule has 2 aromatic carbocycles. The molecule has 0 saturated heterocycles.